The van der Waals surface area contributed by atoms with Crippen LogP contribution in [0.1, 0.15) is 49.0 Å². The number of likely N-dealkylation sites (tertiary alicyclic amines) is 1. The van der Waals surface area contributed by atoms with Crippen LogP contribution in [-0.2, 0) is 19.6 Å². The highest BCUT2D eigenvalue weighted by molar-refractivity contribution is 5.07. The largest absolute Gasteiger partial charge is 0.462 e. The van der Waals surface area contributed by atoms with Gasteiger partial charge in [-0.3, -0.25) is 4.90 Å². The van der Waals surface area contributed by atoms with Crippen molar-refractivity contribution in [1.29, 1.82) is 0 Å². The molecule has 0 amide bonds. The minimum atomic E-state index is -0.0508. The van der Waals surface area contributed by atoms with Crippen LogP contribution in [0.4, 0.5) is 0 Å². The van der Waals surface area contributed by atoms with Crippen LogP contribution < -0.4 is 0 Å². The molecule has 0 spiro atoms. The average Bonchev–Trinajstić information content (AvgIpc) is 3.19. The predicted octanol–water partition coefficient (Wildman–Crippen LogP) is 2.10. The zero-order chi connectivity index (χ0) is 14.7. The summed E-state index contributed by atoms with van der Waals surface area (Å²) in [6.45, 7) is 4.71. The van der Waals surface area contributed by atoms with E-state index >= 15 is 0 Å². The Morgan fingerprint density at radius 1 is 1.29 bits per heavy atom. The number of hydrogen-bond acceptors (Lipinski definition) is 6. The van der Waals surface area contributed by atoms with Gasteiger partial charge >= 0.3 is 0 Å². The number of aryl methyl sites for hydroxylation is 1. The average molecular weight is 291 g/mol. The van der Waals surface area contributed by atoms with E-state index in [2.05, 4.69) is 22.0 Å². The third kappa shape index (κ3) is 3.33. The van der Waals surface area contributed by atoms with Crippen LogP contribution in [-0.4, -0.2) is 33.3 Å². The second-order valence-electron chi connectivity index (χ2n) is 5.53. The molecule has 1 aliphatic heterocycles. The van der Waals surface area contributed by atoms with Crippen molar-refractivity contribution in [1.82, 2.24) is 15.1 Å². The van der Waals surface area contributed by atoms with E-state index in [1.54, 1.807) is 0 Å². The summed E-state index contributed by atoms with van der Waals surface area (Å²) in [6.07, 6.45) is 2.89. The lowest BCUT2D eigenvalue weighted by Crippen LogP contribution is -2.19. The third-order valence-electron chi connectivity index (χ3n) is 3.82. The Kier molecular flexibility index (Phi) is 4.36. The first kappa shape index (κ1) is 14.3. The number of hydrogen-bond donors (Lipinski definition) is 1. The lowest BCUT2D eigenvalue weighted by atomic mass is 10.1. The number of rotatable bonds is 6. The van der Waals surface area contributed by atoms with Crippen molar-refractivity contribution in [3.05, 3.63) is 35.4 Å². The zero-order valence-corrected chi connectivity index (χ0v) is 12.3. The van der Waals surface area contributed by atoms with Gasteiger partial charge in [-0.1, -0.05) is 6.92 Å². The number of aliphatic hydroxyl groups is 1. The maximum absolute atomic E-state index is 9.01. The first-order chi connectivity index (χ1) is 10.3. The van der Waals surface area contributed by atoms with E-state index in [1.165, 1.54) is 0 Å². The van der Waals surface area contributed by atoms with Gasteiger partial charge in [0.15, 0.2) is 0 Å². The fourth-order valence-electron chi connectivity index (χ4n) is 2.74. The molecule has 114 valence electrons. The molecule has 6 heteroatoms. The maximum atomic E-state index is 9.01. The van der Waals surface area contributed by atoms with Gasteiger partial charge in [0.05, 0.1) is 12.5 Å². The molecule has 1 aliphatic rings. The monoisotopic (exact) mass is 291 g/mol. The van der Waals surface area contributed by atoms with E-state index in [9.17, 15) is 0 Å². The Bertz CT molecular complexity index is 578. The van der Waals surface area contributed by atoms with Crippen LogP contribution in [0.15, 0.2) is 21.0 Å². The second kappa shape index (κ2) is 6.41. The second-order valence-corrected chi connectivity index (χ2v) is 5.53. The van der Waals surface area contributed by atoms with Gasteiger partial charge in [0, 0.05) is 13.0 Å². The van der Waals surface area contributed by atoms with Crippen LogP contribution >= 0.6 is 0 Å². The Morgan fingerprint density at radius 3 is 2.90 bits per heavy atom. The molecule has 1 atom stereocenters. The molecular formula is C15H21N3O3. The highest BCUT2D eigenvalue weighted by Gasteiger charge is 2.28. The topological polar surface area (TPSA) is 75.5 Å². The summed E-state index contributed by atoms with van der Waals surface area (Å²) in [5.41, 5.74) is 0. The van der Waals surface area contributed by atoms with Gasteiger partial charge in [-0.15, -0.1) is 10.2 Å². The number of aromatic nitrogens is 2. The Balaban J connectivity index is 1.56. The molecule has 1 fully saturated rings. The first-order valence-corrected chi connectivity index (χ1v) is 7.51. The third-order valence-corrected chi connectivity index (χ3v) is 3.82. The summed E-state index contributed by atoms with van der Waals surface area (Å²) in [7, 11) is 0. The van der Waals surface area contributed by atoms with Crippen molar-refractivity contribution in [3.8, 4) is 0 Å². The molecule has 1 N–H and O–H groups in total. The molecular weight excluding hydrogens is 270 g/mol. The van der Waals surface area contributed by atoms with Crippen molar-refractivity contribution in [2.24, 2.45) is 0 Å². The molecule has 0 unspecified atom stereocenters. The van der Waals surface area contributed by atoms with Crippen molar-refractivity contribution < 1.29 is 13.9 Å². The number of furan rings is 1. The molecule has 0 saturated carbocycles. The molecule has 0 bridgehead atoms. The standard InChI is InChI=1S/C15H21N3O3/c1-2-3-14-16-17-15(21-14)11-6-7-18(8-11)9-12-4-5-13(10-19)20-12/h4-5,11,19H,2-3,6-10H2,1H3/t11-/m0/s1. The van der Waals surface area contributed by atoms with Crippen LogP contribution in [0.2, 0.25) is 0 Å². The summed E-state index contributed by atoms with van der Waals surface area (Å²) >= 11 is 0. The van der Waals surface area contributed by atoms with E-state index in [0.29, 0.717) is 11.7 Å². The van der Waals surface area contributed by atoms with E-state index in [4.69, 9.17) is 13.9 Å². The Labute approximate surface area is 123 Å². The van der Waals surface area contributed by atoms with Crippen molar-refractivity contribution in [3.63, 3.8) is 0 Å². The molecule has 21 heavy (non-hydrogen) atoms. The Hall–Kier alpha value is -1.66. The highest BCUT2D eigenvalue weighted by Crippen LogP contribution is 2.27. The lowest BCUT2D eigenvalue weighted by molar-refractivity contribution is 0.231. The summed E-state index contributed by atoms with van der Waals surface area (Å²) in [4.78, 5) is 2.31. The number of aliphatic hydroxyl groups excluding tert-OH is 1. The van der Waals surface area contributed by atoms with Crippen LogP contribution in [0.25, 0.3) is 0 Å². The summed E-state index contributed by atoms with van der Waals surface area (Å²) in [5, 5.41) is 17.3. The van der Waals surface area contributed by atoms with E-state index in [1.807, 2.05) is 12.1 Å². The maximum Gasteiger partial charge on any atom is 0.220 e. The Morgan fingerprint density at radius 2 is 2.14 bits per heavy atom. The van der Waals surface area contributed by atoms with Gasteiger partial charge in [-0.2, -0.15) is 0 Å². The lowest BCUT2D eigenvalue weighted by Gasteiger charge is -2.13. The van der Waals surface area contributed by atoms with Gasteiger partial charge < -0.3 is 13.9 Å². The van der Waals surface area contributed by atoms with Gasteiger partial charge in [0.2, 0.25) is 11.8 Å². The summed E-state index contributed by atoms with van der Waals surface area (Å²) in [5.74, 6) is 3.31. The highest BCUT2D eigenvalue weighted by atomic mass is 16.4. The molecule has 0 aromatic carbocycles. The minimum absolute atomic E-state index is 0.0508. The molecule has 2 aromatic heterocycles. The first-order valence-electron chi connectivity index (χ1n) is 7.51. The van der Waals surface area contributed by atoms with Crippen LogP contribution in [0.3, 0.4) is 0 Å². The SMILES string of the molecule is CCCc1nnc([C@H]2CCN(Cc3ccc(CO)o3)C2)o1. The molecule has 0 aliphatic carbocycles. The van der Waals surface area contributed by atoms with Gasteiger partial charge in [-0.05, 0) is 31.5 Å². The fraction of sp³-hybridized carbons (Fsp3) is 0.600. The molecule has 3 heterocycles. The fourth-order valence-corrected chi connectivity index (χ4v) is 2.74. The quantitative estimate of drug-likeness (QED) is 0.878. The normalized spacial score (nSPS) is 19.4. The van der Waals surface area contributed by atoms with Gasteiger partial charge in [0.1, 0.15) is 18.1 Å². The van der Waals surface area contributed by atoms with Crippen molar-refractivity contribution in [2.45, 2.75) is 45.3 Å². The summed E-state index contributed by atoms with van der Waals surface area (Å²) in [6, 6.07) is 3.74. The molecule has 2 aromatic rings. The van der Waals surface area contributed by atoms with Gasteiger partial charge in [-0.25, -0.2) is 0 Å². The van der Waals surface area contributed by atoms with E-state index in [-0.39, 0.29) is 6.61 Å². The van der Waals surface area contributed by atoms with E-state index < -0.39 is 0 Å². The zero-order valence-electron chi connectivity index (χ0n) is 12.3. The minimum Gasteiger partial charge on any atom is -0.462 e. The van der Waals surface area contributed by atoms with Crippen molar-refractivity contribution in [2.75, 3.05) is 13.1 Å². The van der Waals surface area contributed by atoms with Crippen LogP contribution in [0.5, 0.6) is 0 Å². The molecule has 1 saturated heterocycles. The molecule has 3 rings (SSSR count). The predicted molar refractivity (Wildman–Crippen MR) is 75.6 cm³/mol. The van der Waals surface area contributed by atoms with Crippen molar-refractivity contribution >= 4 is 0 Å². The van der Waals surface area contributed by atoms with E-state index in [0.717, 1.165) is 56.4 Å². The van der Waals surface area contributed by atoms with Crippen LogP contribution in [0, 0.1) is 0 Å². The summed E-state index contributed by atoms with van der Waals surface area (Å²) < 4.78 is 11.3. The molecule has 6 nitrogen and oxygen atoms in total. The number of nitrogens with zero attached hydrogens (tertiary/aromatic N) is 3. The smallest absolute Gasteiger partial charge is 0.220 e. The van der Waals surface area contributed by atoms with Gasteiger partial charge in [0.25, 0.3) is 0 Å². The molecule has 0 radical (unpaired) electrons.